The molecule has 0 aromatic heterocycles. The van der Waals surface area contributed by atoms with Gasteiger partial charge in [0.2, 0.25) is 6.79 Å². The van der Waals surface area contributed by atoms with E-state index >= 15 is 0 Å². The van der Waals surface area contributed by atoms with Crippen LogP contribution in [0.5, 0.6) is 11.5 Å². The van der Waals surface area contributed by atoms with Gasteiger partial charge >= 0.3 is 11.9 Å². The van der Waals surface area contributed by atoms with E-state index in [1.54, 1.807) is 12.1 Å². The number of aliphatic carboxylic acids is 2. The van der Waals surface area contributed by atoms with E-state index in [1.807, 2.05) is 18.2 Å². The van der Waals surface area contributed by atoms with Crippen LogP contribution in [0.25, 0.3) is 0 Å². The maximum Gasteiger partial charge on any atom is 0.414 e. The third kappa shape index (κ3) is 5.78. The van der Waals surface area contributed by atoms with Crippen LogP contribution in [0.15, 0.2) is 42.5 Å². The lowest BCUT2D eigenvalue weighted by atomic mass is 10.2. The van der Waals surface area contributed by atoms with E-state index in [0.717, 1.165) is 29.2 Å². The maximum absolute atomic E-state index is 12.8. The van der Waals surface area contributed by atoms with Gasteiger partial charge in [0.1, 0.15) is 5.82 Å². The first-order chi connectivity index (χ1) is 12.0. The standard InChI is InChI=1S/C15H14FNO2.C2H2O4/c16-13-4-1-11(2-5-13)8-17-9-12-3-6-14-15(7-12)19-10-18-14;3-1(4)2(5)6/h1-7,17H,8-10H2;(H,3,4)(H,5,6). The van der Waals surface area contributed by atoms with Crippen LogP contribution in [0.1, 0.15) is 11.1 Å². The fraction of sp³-hybridized carbons (Fsp3) is 0.176. The lowest BCUT2D eigenvalue weighted by Crippen LogP contribution is -2.12. The number of rotatable bonds is 4. The molecule has 3 rings (SSSR count). The number of fused-ring (bicyclic) bond motifs is 1. The zero-order valence-corrected chi connectivity index (χ0v) is 13.1. The number of halogens is 1. The van der Waals surface area contributed by atoms with Crippen molar-refractivity contribution < 1.29 is 33.7 Å². The van der Waals surface area contributed by atoms with E-state index in [0.29, 0.717) is 13.3 Å². The maximum atomic E-state index is 12.8. The van der Waals surface area contributed by atoms with Crippen LogP contribution < -0.4 is 14.8 Å². The predicted octanol–water partition coefficient (Wildman–Crippen LogP) is 2.00. The molecule has 0 saturated carbocycles. The van der Waals surface area contributed by atoms with Crippen molar-refractivity contribution in [3.8, 4) is 11.5 Å². The summed E-state index contributed by atoms with van der Waals surface area (Å²) in [5.41, 5.74) is 2.19. The van der Waals surface area contributed by atoms with Crippen molar-refractivity contribution >= 4 is 11.9 Å². The van der Waals surface area contributed by atoms with Crippen LogP contribution in [0.3, 0.4) is 0 Å². The van der Waals surface area contributed by atoms with E-state index in [9.17, 15) is 4.39 Å². The van der Waals surface area contributed by atoms with Crippen molar-refractivity contribution in [2.45, 2.75) is 13.1 Å². The van der Waals surface area contributed by atoms with Gasteiger partial charge in [-0.2, -0.15) is 0 Å². The summed E-state index contributed by atoms with van der Waals surface area (Å²) in [6.45, 7) is 1.73. The van der Waals surface area contributed by atoms with Gasteiger partial charge in [0, 0.05) is 13.1 Å². The molecule has 8 heteroatoms. The molecule has 0 amide bonds. The average Bonchev–Trinajstić information content (AvgIpc) is 3.05. The minimum absolute atomic E-state index is 0.209. The number of carboxylic acids is 2. The van der Waals surface area contributed by atoms with Crippen LogP contribution in [0.4, 0.5) is 4.39 Å². The molecule has 1 aliphatic rings. The highest BCUT2D eigenvalue weighted by atomic mass is 19.1. The lowest BCUT2D eigenvalue weighted by Gasteiger charge is -2.06. The molecule has 0 aliphatic carbocycles. The molecule has 0 atom stereocenters. The number of hydrogen-bond acceptors (Lipinski definition) is 5. The Hall–Kier alpha value is -3.13. The zero-order valence-electron chi connectivity index (χ0n) is 13.1. The van der Waals surface area contributed by atoms with Crippen molar-refractivity contribution in [3.63, 3.8) is 0 Å². The molecule has 2 aromatic rings. The molecule has 25 heavy (non-hydrogen) atoms. The van der Waals surface area contributed by atoms with Crippen LogP contribution in [0, 0.1) is 5.82 Å². The molecule has 0 unspecified atom stereocenters. The summed E-state index contributed by atoms with van der Waals surface area (Å²) in [7, 11) is 0. The van der Waals surface area contributed by atoms with Gasteiger partial charge in [0.15, 0.2) is 11.5 Å². The molecule has 1 aliphatic heterocycles. The predicted molar refractivity (Wildman–Crippen MR) is 84.8 cm³/mol. The Balaban J connectivity index is 0.000000326. The monoisotopic (exact) mass is 349 g/mol. The summed E-state index contributed by atoms with van der Waals surface area (Å²) in [6, 6.07) is 12.4. The molecular formula is C17H16FNO6. The first-order valence-electron chi connectivity index (χ1n) is 7.25. The van der Waals surface area contributed by atoms with E-state index < -0.39 is 11.9 Å². The van der Waals surface area contributed by atoms with Crippen LogP contribution in [-0.4, -0.2) is 28.9 Å². The van der Waals surface area contributed by atoms with Gasteiger partial charge in [0.05, 0.1) is 0 Å². The highest BCUT2D eigenvalue weighted by Gasteiger charge is 2.12. The van der Waals surface area contributed by atoms with Gasteiger partial charge in [-0.05, 0) is 35.4 Å². The van der Waals surface area contributed by atoms with Crippen molar-refractivity contribution in [1.29, 1.82) is 0 Å². The van der Waals surface area contributed by atoms with Gasteiger partial charge in [-0.3, -0.25) is 0 Å². The van der Waals surface area contributed by atoms with Crippen molar-refractivity contribution in [2.75, 3.05) is 6.79 Å². The SMILES string of the molecule is Fc1ccc(CNCc2ccc3c(c2)OCO3)cc1.O=C(O)C(=O)O. The Labute approximate surface area is 142 Å². The molecule has 1 heterocycles. The van der Waals surface area contributed by atoms with Crippen molar-refractivity contribution in [2.24, 2.45) is 0 Å². The molecule has 3 N–H and O–H groups in total. The molecular weight excluding hydrogens is 333 g/mol. The quantitative estimate of drug-likeness (QED) is 0.725. The van der Waals surface area contributed by atoms with E-state index in [2.05, 4.69) is 5.32 Å². The number of nitrogens with one attached hydrogen (secondary N) is 1. The summed E-state index contributed by atoms with van der Waals surface area (Å²) in [4.78, 5) is 18.2. The Morgan fingerprint density at radius 2 is 1.48 bits per heavy atom. The second-order valence-electron chi connectivity index (χ2n) is 5.03. The molecule has 0 bridgehead atoms. The molecule has 0 saturated heterocycles. The molecule has 7 nitrogen and oxygen atoms in total. The van der Waals surface area contributed by atoms with E-state index in [1.165, 1.54) is 12.1 Å². The minimum Gasteiger partial charge on any atom is -0.473 e. The van der Waals surface area contributed by atoms with Crippen molar-refractivity contribution in [1.82, 2.24) is 5.32 Å². The second-order valence-corrected chi connectivity index (χ2v) is 5.03. The van der Waals surface area contributed by atoms with Gasteiger partial charge in [-0.25, -0.2) is 14.0 Å². The lowest BCUT2D eigenvalue weighted by molar-refractivity contribution is -0.159. The van der Waals surface area contributed by atoms with Gasteiger partial charge < -0.3 is 25.0 Å². The minimum atomic E-state index is -1.82. The van der Waals surface area contributed by atoms with E-state index in [4.69, 9.17) is 29.3 Å². The third-order valence-corrected chi connectivity index (χ3v) is 3.19. The zero-order chi connectivity index (χ0) is 18.2. The number of carboxylic acid groups (broad SMARTS) is 2. The fourth-order valence-electron chi connectivity index (χ4n) is 2.00. The molecule has 2 aromatic carbocycles. The highest BCUT2D eigenvalue weighted by molar-refractivity contribution is 6.27. The Morgan fingerprint density at radius 3 is 2.12 bits per heavy atom. The van der Waals surface area contributed by atoms with Crippen molar-refractivity contribution in [3.05, 3.63) is 59.4 Å². The highest BCUT2D eigenvalue weighted by Crippen LogP contribution is 2.32. The number of hydrogen-bond donors (Lipinski definition) is 3. The first-order valence-corrected chi connectivity index (χ1v) is 7.25. The summed E-state index contributed by atoms with van der Waals surface area (Å²) >= 11 is 0. The molecule has 0 fully saturated rings. The average molecular weight is 349 g/mol. The molecule has 0 spiro atoms. The molecule has 0 radical (unpaired) electrons. The summed E-state index contributed by atoms with van der Waals surface area (Å²) in [5.74, 6) is -2.27. The number of ether oxygens (including phenoxy) is 2. The summed E-state index contributed by atoms with van der Waals surface area (Å²) < 4.78 is 23.3. The van der Waals surface area contributed by atoms with Gasteiger partial charge in [-0.1, -0.05) is 18.2 Å². The summed E-state index contributed by atoms with van der Waals surface area (Å²) in [6.07, 6.45) is 0. The van der Waals surface area contributed by atoms with Gasteiger partial charge in [-0.15, -0.1) is 0 Å². The largest absolute Gasteiger partial charge is 0.473 e. The smallest absolute Gasteiger partial charge is 0.414 e. The first kappa shape index (κ1) is 18.2. The third-order valence-electron chi connectivity index (χ3n) is 3.19. The Bertz CT molecular complexity index is 735. The van der Waals surface area contributed by atoms with E-state index in [-0.39, 0.29) is 5.82 Å². The van der Waals surface area contributed by atoms with Crippen LogP contribution in [0.2, 0.25) is 0 Å². The normalized spacial score (nSPS) is 11.4. The topological polar surface area (TPSA) is 105 Å². The molecule has 132 valence electrons. The summed E-state index contributed by atoms with van der Waals surface area (Å²) in [5, 5.41) is 18.1. The fourth-order valence-corrected chi connectivity index (χ4v) is 2.00. The Kier molecular flexibility index (Phi) is 6.30. The Morgan fingerprint density at radius 1 is 0.920 bits per heavy atom. The number of benzene rings is 2. The van der Waals surface area contributed by atoms with Gasteiger partial charge in [0.25, 0.3) is 0 Å². The number of carbonyl (C=O) groups is 2. The van der Waals surface area contributed by atoms with Crippen LogP contribution in [-0.2, 0) is 22.7 Å². The second kappa shape index (κ2) is 8.65. The van der Waals surface area contributed by atoms with Crippen LogP contribution >= 0.6 is 0 Å².